The highest BCUT2D eigenvalue weighted by Crippen LogP contribution is 2.18. The van der Waals surface area contributed by atoms with E-state index in [2.05, 4.69) is 27.7 Å². The summed E-state index contributed by atoms with van der Waals surface area (Å²) in [6, 6.07) is 7.62. The molecule has 0 saturated heterocycles. The van der Waals surface area contributed by atoms with E-state index in [1.165, 1.54) is 0 Å². The van der Waals surface area contributed by atoms with Gasteiger partial charge in [0.25, 0.3) is 5.91 Å². The number of rotatable bonds is 5. The monoisotopic (exact) mass is 267 g/mol. The second-order valence-electron chi connectivity index (χ2n) is 4.73. The van der Waals surface area contributed by atoms with Gasteiger partial charge < -0.3 is 4.90 Å². The average molecular weight is 268 g/mol. The topological polar surface area (TPSA) is 20.3 Å². The zero-order valence-corrected chi connectivity index (χ0v) is 12.4. The maximum atomic E-state index is 12.5. The molecule has 0 N–H and O–H groups in total. The molecule has 3 heteroatoms. The van der Waals surface area contributed by atoms with E-state index >= 15 is 0 Å². The minimum Gasteiger partial charge on any atom is -0.333 e. The Bertz CT molecular complexity index is 378. The normalized spacial score (nSPS) is 14.1. The molecule has 0 aliphatic carbocycles. The third-order valence-corrected chi connectivity index (χ3v) is 3.71. The molecule has 0 aromatic heterocycles. The third kappa shape index (κ3) is 3.49. The fourth-order valence-electron chi connectivity index (χ4n) is 1.97. The van der Waals surface area contributed by atoms with Crippen molar-refractivity contribution in [3.8, 4) is 0 Å². The maximum absolute atomic E-state index is 12.5. The molecule has 0 spiro atoms. The minimum absolute atomic E-state index is 0.0929. The van der Waals surface area contributed by atoms with Crippen molar-refractivity contribution in [1.82, 2.24) is 4.90 Å². The number of hydrogen-bond acceptors (Lipinski definition) is 1. The van der Waals surface area contributed by atoms with E-state index in [4.69, 9.17) is 11.6 Å². The molecule has 1 aromatic carbocycles. The molecule has 0 bridgehead atoms. The summed E-state index contributed by atoms with van der Waals surface area (Å²) in [4.78, 5) is 14.5. The Kier molecular flexibility index (Phi) is 5.67. The lowest BCUT2D eigenvalue weighted by molar-refractivity contribution is 0.0598. The van der Waals surface area contributed by atoms with Gasteiger partial charge in [0.15, 0.2) is 0 Å². The summed E-state index contributed by atoms with van der Waals surface area (Å²) in [5.74, 6) is 0.0929. The van der Waals surface area contributed by atoms with Crippen molar-refractivity contribution < 1.29 is 4.79 Å². The predicted octanol–water partition coefficient (Wildman–Crippen LogP) is 4.38. The van der Waals surface area contributed by atoms with E-state index in [-0.39, 0.29) is 18.0 Å². The van der Waals surface area contributed by atoms with Crippen LogP contribution >= 0.6 is 11.6 Å². The molecule has 0 heterocycles. The van der Waals surface area contributed by atoms with Crippen molar-refractivity contribution in [3.63, 3.8) is 0 Å². The molecule has 2 unspecified atom stereocenters. The van der Waals surface area contributed by atoms with Crippen LogP contribution in [-0.4, -0.2) is 22.9 Å². The van der Waals surface area contributed by atoms with Gasteiger partial charge in [-0.1, -0.05) is 25.4 Å². The first-order valence-corrected chi connectivity index (χ1v) is 6.97. The number of amides is 1. The Labute approximate surface area is 115 Å². The minimum atomic E-state index is 0.0929. The smallest absolute Gasteiger partial charge is 0.254 e. The molecule has 0 saturated carbocycles. The fraction of sp³-hybridized carbons (Fsp3) is 0.533. The van der Waals surface area contributed by atoms with Gasteiger partial charge in [-0.15, -0.1) is 0 Å². The Morgan fingerprint density at radius 2 is 1.56 bits per heavy atom. The molecule has 0 aliphatic heterocycles. The molecule has 0 aliphatic rings. The van der Waals surface area contributed by atoms with Gasteiger partial charge >= 0.3 is 0 Å². The van der Waals surface area contributed by atoms with Crippen molar-refractivity contribution in [2.75, 3.05) is 0 Å². The summed E-state index contributed by atoms with van der Waals surface area (Å²) in [5.41, 5.74) is 0.708. The van der Waals surface area contributed by atoms with E-state index < -0.39 is 0 Å². The lowest BCUT2D eigenvalue weighted by Gasteiger charge is -2.34. The van der Waals surface area contributed by atoms with Crippen LogP contribution in [0, 0.1) is 0 Å². The molecular formula is C15H22ClNO. The summed E-state index contributed by atoms with van der Waals surface area (Å²) in [6.45, 7) is 8.41. The molecule has 1 aromatic rings. The lowest BCUT2D eigenvalue weighted by Crippen LogP contribution is -2.44. The number of carbonyl (C=O) groups is 1. The quantitative estimate of drug-likeness (QED) is 0.775. The number of carbonyl (C=O) groups excluding carboxylic acids is 1. The molecule has 0 fully saturated rings. The van der Waals surface area contributed by atoms with E-state index in [1.54, 1.807) is 24.3 Å². The van der Waals surface area contributed by atoms with Gasteiger partial charge in [-0.25, -0.2) is 0 Å². The number of halogens is 1. The summed E-state index contributed by atoms with van der Waals surface area (Å²) in [6.07, 6.45) is 1.92. The van der Waals surface area contributed by atoms with E-state index in [0.29, 0.717) is 10.6 Å². The van der Waals surface area contributed by atoms with Crippen molar-refractivity contribution >= 4 is 17.5 Å². The van der Waals surface area contributed by atoms with Crippen LogP contribution in [0.2, 0.25) is 5.02 Å². The maximum Gasteiger partial charge on any atom is 0.254 e. The van der Waals surface area contributed by atoms with Crippen LogP contribution in [-0.2, 0) is 0 Å². The summed E-state index contributed by atoms with van der Waals surface area (Å²) < 4.78 is 0. The average Bonchev–Trinajstić information content (AvgIpc) is 2.39. The largest absolute Gasteiger partial charge is 0.333 e. The molecule has 1 amide bonds. The van der Waals surface area contributed by atoms with Gasteiger partial charge in [0, 0.05) is 22.7 Å². The third-order valence-electron chi connectivity index (χ3n) is 3.46. The zero-order valence-electron chi connectivity index (χ0n) is 11.6. The van der Waals surface area contributed by atoms with Gasteiger partial charge in [0.2, 0.25) is 0 Å². The van der Waals surface area contributed by atoms with E-state index in [1.807, 2.05) is 4.90 Å². The molecule has 0 radical (unpaired) electrons. The summed E-state index contributed by atoms with van der Waals surface area (Å²) in [7, 11) is 0. The van der Waals surface area contributed by atoms with Crippen molar-refractivity contribution in [2.45, 2.75) is 52.6 Å². The van der Waals surface area contributed by atoms with Gasteiger partial charge in [-0.3, -0.25) is 4.79 Å². The second-order valence-corrected chi connectivity index (χ2v) is 5.17. The van der Waals surface area contributed by atoms with Gasteiger partial charge in [0.1, 0.15) is 0 Å². The van der Waals surface area contributed by atoms with Crippen LogP contribution in [0.25, 0.3) is 0 Å². The molecule has 2 nitrogen and oxygen atoms in total. The zero-order chi connectivity index (χ0) is 13.7. The van der Waals surface area contributed by atoms with E-state index in [0.717, 1.165) is 12.8 Å². The molecular weight excluding hydrogens is 246 g/mol. The highest BCUT2D eigenvalue weighted by molar-refractivity contribution is 6.30. The second kappa shape index (κ2) is 6.79. The van der Waals surface area contributed by atoms with Crippen LogP contribution in [0.15, 0.2) is 24.3 Å². The van der Waals surface area contributed by atoms with E-state index in [9.17, 15) is 4.79 Å². The van der Waals surface area contributed by atoms with Crippen molar-refractivity contribution in [3.05, 3.63) is 34.9 Å². The number of hydrogen-bond donors (Lipinski definition) is 0. The van der Waals surface area contributed by atoms with Crippen molar-refractivity contribution in [1.29, 1.82) is 0 Å². The van der Waals surface area contributed by atoms with Gasteiger partial charge in [-0.05, 0) is 51.0 Å². The van der Waals surface area contributed by atoms with Crippen LogP contribution in [0.3, 0.4) is 0 Å². The molecule has 2 atom stereocenters. The lowest BCUT2D eigenvalue weighted by atomic mass is 10.1. The summed E-state index contributed by atoms with van der Waals surface area (Å²) >= 11 is 5.85. The Hall–Kier alpha value is -1.02. The molecule has 1 rings (SSSR count). The highest BCUT2D eigenvalue weighted by atomic mass is 35.5. The first-order valence-electron chi connectivity index (χ1n) is 6.59. The first kappa shape index (κ1) is 15.0. The Morgan fingerprint density at radius 3 is 1.94 bits per heavy atom. The van der Waals surface area contributed by atoms with Gasteiger partial charge in [0.05, 0.1) is 0 Å². The molecule has 18 heavy (non-hydrogen) atoms. The summed E-state index contributed by atoms with van der Waals surface area (Å²) in [5, 5.41) is 0.658. The first-order chi connectivity index (χ1) is 8.51. The van der Waals surface area contributed by atoms with Crippen LogP contribution in [0.4, 0.5) is 0 Å². The SMILES string of the molecule is CCC(C)N(C(=O)c1ccc(Cl)cc1)C(C)CC. The van der Waals surface area contributed by atoms with Crippen LogP contribution < -0.4 is 0 Å². The van der Waals surface area contributed by atoms with Crippen molar-refractivity contribution in [2.24, 2.45) is 0 Å². The number of benzene rings is 1. The molecule has 100 valence electrons. The van der Waals surface area contributed by atoms with Crippen LogP contribution in [0.1, 0.15) is 50.9 Å². The number of nitrogens with zero attached hydrogens (tertiary/aromatic N) is 1. The fourth-order valence-corrected chi connectivity index (χ4v) is 2.10. The standard InChI is InChI=1S/C15H22ClNO/c1-5-11(3)17(12(4)6-2)15(18)13-7-9-14(16)10-8-13/h7-12H,5-6H2,1-4H3. The highest BCUT2D eigenvalue weighted by Gasteiger charge is 2.24. The Morgan fingerprint density at radius 1 is 1.11 bits per heavy atom. The Balaban J connectivity index is 2.98. The predicted molar refractivity (Wildman–Crippen MR) is 77.1 cm³/mol. The van der Waals surface area contributed by atoms with Crippen LogP contribution in [0.5, 0.6) is 0 Å². The van der Waals surface area contributed by atoms with Gasteiger partial charge in [-0.2, -0.15) is 0 Å².